The van der Waals surface area contributed by atoms with Gasteiger partial charge < -0.3 is 0 Å². The van der Waals surface area contributed by atoms with Gasteiger partial charge >= 0.3 is 0 Å². The summed E-state index contributed by atoms with van der Waals surface area (Å²) in [7, 11) is 0. The topological polar surface area (TPSA) is 17.1 Å². The van der Waals surface area contributed by atoms with Crippen molar-refractivity contribution in [2.24, 2.45) is 11.8 Å². The van der Waals surface area contributed by atoms with E-state index in [2.05, 4.69) is 6.92 Å². The lowest BCUT2D eigenvalue weighted by molar-refractivity contribution is 0.0870. The van der Waals surface area contributed by atoms with Gasteiger partial charge in [0.25, 0.3) is 0 Å². The SMILES string of the molecule is CC1CCC(C(=O)c2cc(F)c(F)cc2F)CC1. The lowest BCUT2D eigenvalue weighted by Gasteiger charge is -2.25. The Morgan fingerprint density at radius 3 is 2.17 bits per heavy atom. The van der Waals surface area contributed by atoms with Crippen LogP contribution < -0.4 is 0 Å². The molecular weight excluding hydrogens is 241 g/mol. The summed E-state index contributed by atoms with van der Waals surface area (Å²) in [6.45, 7) is 2.11. The minimum atomic E-state index is -1.26. The van der Waals surface area contributed by atoms with Crippen LogP contribution in [0, 0.1) is 29.3 Å². The summed E-state index contributed by atoms with van der Waals surface area (Å²) in [4.78, 5) is 12.1. The van der Waals surface area contributed by atoms with Gasteiger partial charge in [-0.3, -0.25) is 4.79 Å². The minimum Gasteiger partial charge on any atom is -0.294 e. The van der Waals surface area contributed by atoms with Crippen molar-refractivity contribution in [2.75, 3.05) is 0 Å². The molecule has 1 aromatic rings. The van der Waals surface area contributed by atoms with Crippen molar-refractivity contribution >= 4 is 5.78 Å². The van der Waals surface area contributed by atoms with Gasteiger partial charge in [-0.25, -0.2) is 13.2 Å². The van der Waals surface area contributed by atoms with Crippen molar-refractivity contribution < 1.29 is 18.0 Å². The molecule has 0 aliphatic heterocycles. The van der Waals surface area contributed by atoms with Crippen LogP contribution in [0.3, 0.4) is 0 Å². The summed E-state index contributed by atoms with van der Waals surface area (Å²) in [6.07, 6.45) is 3.22. The maximum absolute atomic E-state index is 13.5. The first kappa shape index (κ1) is 13.1. The van der Waals surface area contributed by atoms with E-state index in [1.165, 1.54) is 0 Å². The van der Waals surface area contributed by atoms with E-state index >= 15 is 0 Å². The second-order valence-corrected chi connectivity index (χ2v) is 5.07. The first-order valence-electron chi connectivity index (χ1n) is 6.17. The van der Waals surface area contributed by atoms with Gasteiger partial charge in [0.05, 0.1) is 5.56 Å². The first-order chi connectivity index (χ1) is 8.49. The third-order valence-corrected chi connectivity index (χ3v) is 3.66. The second kappa shape index (κ2) is 5.12. The van der Waals surface area contributed by atoms with Crippen LogP contribution in [0.25, 0.3) is 0 Å². The van der Waals surface area contributed by atoms with Crippen LogP contribution in [-0.2, 0) is 0 Å². The molecule has 0 radical (unpaired) electrons. The average molecular weight is 256 g/mol. The Bertz CT molecular complexity index is 462. The molecule has 0 atom stereocenters. The van der Waals surface area contributed by atoms with Crippen LogP contribution in [0.4, 0.5) is 13.2 Å². The number of rotatable bonds is 2. The van der Waals surface area contributed by atoms with Crippen molar-refractivity contribution in [1.82, 2.24) is 0 Å². The average Bonchev–Trinajstić information content (AvgIpc) is 2.34. The highest BCUT2D eigenvalue weighted by molar-refractivity contribution is 5.98. The number of carbonyl (C=O) groups excluding carboxylic acids is 1. The highest BCUT2D eigenvalue weighted by Crippen LogP contribution is 2.31. The maximum Gasteiger partial charge on any atom is 0.168 e. The molecule has 1 saturated carbocycles. The van der Waals surface area contributed by atoms with Crippen LogP contribution in [0.1, 0.15) is 43.0 Å². The van der Waals surface area contributed by atoms with E-state index in [1.54, 1.807) is 0 Å². The molecule has 0 saturated heterocycles. The molecule has 0 heterocycles. The highest BCUT2D eigenvalue weighted by atomic mass is 19.2. The van der Waals surface area contributed by atoms with Gasteiger partial charge in [0.2, 0.25) is 0 Å². The summed E-state index contributed by atoms with van der Waals surface area (Å²) in [6, 6.07) is 1.11. The third kappa shape index (κ3) is 2.57. The zero-order chi connectivity index (χ0) is 13.3. The second-order valence-electron chi connectivity index (χ2n) is 5.07. The van der Waals surface area contributed by atoms with Crippen molar-refractivity contribution in [3.05, 3.63) is 35.1 Å². The smallest absolute Gasteiger partial charge is 0.168 e. The van der Waals surface area contributed by atoms with E-state index in [1.807, 2.05) is 0 Å². The van der Waals surface area contributed by atoms with E-state index in [4.69, 9.17) is 0 Å². The van der Waals surface area contributed by atoms with Crippen LogP contribution in [-0.4, -0.2) is 5.78 Å². The molecular formula is C14H15F3O. The molecule has 1 aromatic carbocycles. The fourth-order valence-corrected chi connectivity index (χ4v) is 2.45. The van der Waals surface area contributed by atoms with Gasteiger partial charge in [0.15, 0.2) is 17.4 Å². The number of benzene rings is 1. The number of Topliss-reactive ketones (excluding diaryl/α,β-unsaturated/α-hetero) is 1. The predicted molar refractivity (Wildman–Crippen MR) is 61.8 cm³/mol. The number of hydrogen-bond acceptors (Lipinski definition) is 1. The van der Waals surface area contributed by atoms with E-state index in [9.17, 15) is 18.0 Å². The number of halogens is 3. The standard InChI is InChI=1S/C14H15F3O/c1-8-2-4-9(5-3-8)14(18)10-6-12(16)13(17)7-11(10)15/h6-9H,2-5H2,1H3. The summed E-state index contributed by atoms with van der Waals surface area (Å²) < 4.78 is 39.3. The first-order valence-corrected chi connectivity index (χ1v) is 6.17. The summed E-state index contributed by atoms with van der Waals surface area (Å²) in [5.41, 5.74) is -0.326. The molecule has 0 spiro atoms. The zero-order valence-electron chi connectivity index (χ0n) is 10.2. The van der Waals surface area contributed by atoms with E-state index in [0.29, 0.717) is 30.9 Å². The monoisotopic (exact) mass is 256 g/mol. The van der Waals surface area contributed by atoms with Crippen LogP contribution in [0.5, 0.6) is 0 Å². The molecule has 0 aromatic heterocycles. The molecule has 1 aliphatic rings. The van der Waals surface area contributed by atoms with Crippen LogP contribution in [0.2, 0.25) is 0 Å². The van der Waals surface area contributed by atoms with Crippen LogP contribution >= 0.6 is 0 Å². The summed E-state index contributed by atoms with van der Waals surface area (Å²) >= 11 is 0. The summed E-state index contributed by atoms with van der Waals surface area (Å²) in [5, 5.41) is 0. The Kier molecular flexibility index (Phi) is 3.73. The van der Waals surface area contributed by atoms with Crippen molar-refractivity contribution in [3.8, 4) is 0 Å². The molecule has 0 unspecified atom stereocenters. The largest absolute Gasteiger partial charge is 0.294 e. The molecule has 0 N–H and O–H groups in total. The van der Waals surface area contributed by atoms with Crippen molar-refractivity contribution in [1.29, 1.82) is 0 Å². The van der Waals surface area contributed by atoms with Crippen molar-refractivity contribution in [3.63, 3.8) is 0 Å². The number of carbonyl (C=O) groups is 1. The van der Waals surface area contributed by atoms with E-state index < -0.39 is 23.2 Å². The fourth-order valence-electron chi connectivity index (χ4n) is 2.45. The normalized spacial score (nSPS) is 24.0. The molecule has 1 aliphatic carbocycles. The third-order valence-electron chi connectivity index (χ3n) is 3.66. The van der Waals surface area contributed by atoms with E-state index in [-0.39, 0.29) is 11.5 Å². The Balaban J connectivity index is 2.21. The number of ketones is 1. The molecule has 0 amide bonds. The molecule has 1 nitrogen and oxygen atoms in total. The Morgan fingerprint density at radius 2 is 1.56 bits per heavy atom. The van der Waals surface area contributed by atoms with E-state index in [0.717, 1.165) is 12.8 Å². The summed E-state index contributed by atoms with van der Waals surface area (Å²) in [5.74, 6) is -3.51. The molecule has 1 fully saturated rings. The highest BCUT2D eigenvalue weighted by Gasteiger charge is 2.27. The van der Waals surface area contributed by atoms with Gasteiger partial charge in [-0.1, -0.05) is 19.8 Å². The number of hydrogen-bond donors (Lipinski definition) is 0. The molecule has 0 bridgehead atoms. The molecule has 2 rings (SSSR count). The molecule has 98 valence electrons. The van der Waals surface area contributed by atoms with Crippen LogP contribution in [0.15, 0.2) is 12.1 Å². The van der Waals surface area contributed by atoms with Crippen molar-refractivity contribution in [2.45, 2.75) is 32.6 Å². The Morgan fingerprint density at radius 1 is 1.00 bits per heavy atom. The predicted octanol–water partition coefficient (Wildman–Crippen LogP) is 4.11. The quantitative estimate of drug-likeness (QED) is 0.574. The fraction of sp³-hybridized carbons (Fsp3) is 0.500. The minimum absolute atomic E-state index is 0.263. The maximum atomic E-state index is 13.5. The van der Waals surface area contributed by atoms with Gasteiger partial charge in [0, 0.05) is 12.0 Å². The van der Waals surface area contributed by atoms with Gasteiger partial charge in [-0.05, 0) is 24.8 Å². The van der Waals surface area contributed by atoms with Gasteiger partial charge in [-0.2, -0.15) is 0 Å². The molecule has 4 heteroatoms. The Labute approximate surface area is 104 Å². The zero-order valence-corrected chi connectivity index (χ0v) is 10.2. The van der Waals surface area contributed by atoms with Gasteiger partial charge in [0.1, 0.15) is 5.82 Å². The van der Waals surface area contributed by atoms with Gasteiger partial charge in [-0.15, -0.1) is 0 Å². The molecule has 18 heavy (non-hydrogen) atoms. The Hall–Kier alpha value is -1.32. The lowest BCUT2D eigenvalue weighted by Crippen LogP contribution is -2.22. The lowest BCUT2D eigenvalue weighted by atomic mass is 9.79.